The van der Waals surface area contributed by atoms with E-state index in [2.05, 4.69) is 15.4 Å². The summed E-state index contributed by atoms with van der Waals surface area (Å²) in [6.45, 7) is 2.53. The lowest BCUT2D eigenvalue weighted by Crippen LogP contribution is -2.25. The van der Waals surface area contributed by atoms with Gasteiger partial charge in [0.05, 0.1) is 24.8 Å². The van der Waals surface area contributed by atoms with Gasteiger partial charge < -0.3 is 15.4 Å². The third kappa shape index (κ3) is 5.64. The van der Waals surface area contributed by atoms with Crippen LogP contribution in [0.2, 0.25) is 0 Å². The molecule has 114 valence electrons. The molecule has 0 bridgehead atoms. The summed E-state index contributed by atoms with van der Waals surface area (Å²) in [4.78, 5) is 34.7. The largest absolute Gasteiger partial charge is 0.469 e. The molecule has 2 N–H and O–H groups in total. The fraction of sp³-hybridized carbons (Fsp3) is 0.400. The maximum absolute atomic E-state index is 12.0. The lowest BCUT2D eigenvalue weighted by Gasteiger charge is -2.11. The van der Waals surface area contributed by atoms with Crippen LogP contribution in [0.1, 0.15) is 36.5 Å². The average molecular weight is 292 g/mol. The first-order valence-corrected chi connectivity index (χ1v) is 6.82. The number of rotatable bonds is 7. The van der Waals surface area contributed by atoms with E-state index in [-0.39, 0.29) is 24.7 Å². The highest BCUT2D eigenvalue weighted by atomic mass is 16.5. The van der Waals surface area contributed by atoms with Gasteiger partial charge in [0.1, 0.15) is 0 Å². The molecule has 0 spiro atoms. The topological polar surface area (TPSA) is 84.5 Å². The molecule has 21 heavy (non-hydrogen) atoms. The van der Waals surface area contributed by atoms with E-state index in [0.29, 0.717) is 17.8 Å². The molecule has 0 atom stereocenters. The first kappa shape index (κ1) is 16.7. The predicted octanol–water partition coefficient (Wildman–Crippen LogP) is 1.72. The van der Waals surface area contributed by atoms with Crippen molar-refractivity contribution in [3.63, 3.8) is 0 Å². The molecule has 1 aromatic rings. The number of para-hydroxylation sites is 1. The van der Waals surface area contributed by atoms with Crippen molar-refractivity contribution in [2.45, 2.75) is 26.2 Å². The van der Waals surface area contributed by atoms with Crippen molar-refractivity contribution >= 4 is 23.5 Å². The molecule has 0 aliphatic heterocycles. The van der Waals surface area contributed by atoms with Crippen LogP contribution in [0.15, 0.2) is 24.3 Å². The van der Waals surface area contributed by atoms with E-state index in [1.807, 2.05) is 6.92 Å². The third-order valence-electron chi connectivity index (χ3n) is 2.77. The SMILES string of the molecule is CCCNC(=O)c1ccccc1NC(=O)CCC(=O)OC. The zero-order valence-corrected chi connectivity index (χ0v) is 12.3. The molecular weight excluding hydrogens is 272 g/mol. The smallest absolute Gasteiger partial charge is 0.306 e. The van der Waals surface area contributed by atoms with Crippen LogP contribution in [0.4, 0.5) is 5.69 Å². The number of hydrogen-bond acceptors (Lipinski definition) is 4. The van der Waals surface area contributed by atoms with Gasteiger partial charge in [0.2, 0.25) is 5.91 Å². The lowest BCUT2D eigenvalue weighted by atomic mass is 10.1. The van der Waals surface area contributed by atoms with Crippen molar-refractivity contribution in [1.29, 1.82) is 0 Å². The molecule has 0 aliphatic rings. The Hall–Kier alpha value is -2.37. The zero-order valence-electron chi connectivity index (χ0n) is 12.3. The Bertz CT molecular complexity index is 514. The summed E-state index contributed by atoms with van der Waals surface area (Å²) in [6, 6.07) is 6.75. The predicted molar refractivity (Wildman–Crippen MR) is 78.9 cm³/mol. The van der Waals surface area contributed by atoms with Gasteiger partial charge in [-0.05, 0) is 18.6 Å². The molecule has 0 radical (unpaired) electrons. The molecule has 0 saturated heterocycles. The molecule has 0 heterocycles. The van der Waals surface area contributed by atoms with E-state index < -0.39 is 5.97 Å². The maximum atomic E-state index is 12.0. The second-order valence-corrected chi connectivity index (χ2v) is 4.43. The minimum atomic E-state index is -0.445. The second-order valence-electron chi connectivity index (χ2n) is 4.43. The van der Waals surface area contributed by atoms with Gasteiger partial charge in [-0.3, -0.25) is 14.4 Å². The van der Waals surface area contributed by atoms with Crippen LogP contribution in [-0.4, -0.2) is 31.4 Å². The monoisotopic (exact) mass is 292 g/mol. The van der Waals surface area contributed by atoms with Gasteiger partial charge in [0.25, 0.3) is 5.91 Å². The highest BCUT2D eigenvalue weighted by Gasteiger charge is 2.13. The molecular formula is C15H20N2O4. The molecule has 0 aromatic heterocycles. The number of hydrogen-bond donors (Lipinski definition) is 2. The molecule has 0 aliphatic carbocycles. The molecule has 1 aromatic carbocycles. The molecule has 0 fully saturated rings. The van der Waals surface area contributed by atoms with Gasteiger partial charge in [0.15, 0.2) is 0 Å². The Labute approximate surface area is 123 Å². The van der Waals surface area contributed by atoms with Gasteiger partial charge in [-0.15, -0.1) is 0 Å². The normalized spacial score (nSPS) is 9.81. The number of benzene rings is 1. The van der Waals surface area contributed by atoms with Crippen molar-refractivity contribution in [2.75, 3.05) is 19.0 Å². The molecule has 6 nitrogen and oxygen atoms in total. The first-order valence-electron chi connectivity index (χ1n) is 6.82. The number of nitrogens with one attached hydrogen (secondary N) is 2. The summed E-state index contributed by atoms with van der Waals surface area (Å²) in [5, 5.41) is 5.40. The quantitative estimate of drug-likeness (QED) is 0.749. The van der Waals surface area contributed by atoms with E-state index in [4.69, 9.17) is 0 Å². The van der Waals surface area contributed by atoms with E-state index in [9.17, 15) is 14.4 Å². The van der Waals surface area contributed by atoms with Crippen LogP contribution in [0.5, 0.6) is 0 Å². The van der Waals surface area contributed by atoms with Crippen molar-refractivity contribution in [1.82, 2.24) is 5.32 Å². The van der Waals surface area contributed by atoms with Gasteiger partial charge in [0, 0.05) is 13.0 Å². The summed E-state index contributed by atoms with van der Waals surface area (Å²) in [6.07, 6.45) is 0.851. The van der Waals surface area contributed by atoms with Crippen LogP contribution >= 0.6 is 0 Å². The average Bonchev–Trinajstić information content (AvgIpc) is 2.50. The Morgan fingerprint density at radius 2 is 1.86 bits per heavy atom. The molecule has 6 heteroatoms. The Morgan fingerprint density at radius 3 is 2.52 bits per heavy atom. The number of carbonyl (C=O) groups excluding carboxylic acids is 3. The summed E-state index contributed by atoms with van der Waals surface area (Å²) in [5.41, 5.74) is 0.832. The molecule has 2 amide bonds. The van der Waals surface area contributed by atoms with Gasteiger partial charge in [-0.25, -0.2) is 0 Å². The Morgan fingerprint density at radius 1 is 1.14 bits per heavy atom. The zero-order chi connectivity index (χ0) is 15.7. The summed E-state index contributed by atoms with van der Waals surface area (Å²) in [7, 11) is 1.27. The van der Waals surface area contributed by atoms with Crippen molar-refractivity contribution in [3.8, 4) is 0 Å². The molecule has 0 saturated carbocycles. The number of anilines is 1. The minimum absolute atomic E-state index is 0.00648. The van der Waals surface area contributed by atoms with Crippen LogP contribution in [-0.2, 0) is 14.3 Å². The summed E-state index contributed by atoms with van der Waals surface area (Å²) in [5.74, 6) is -1.02. The Kier molecular flexibility index (Phi) is 6.94. The van der Waals surface area contributed by atoms with E-state index in [1.165, 1.54) is 7.11 Å². The summed E-state index contributed by atoms with van der Waals surface area (Å²) >= 11 is 0. The van der Waals surface area contributed by atoms with Gasteiger partial charge in [-0.2, -0.15) is 0 Å². The minimum Gasteiger partial charge on any atom is -0.469 e. The van der Waals surface area contributed by atoms with Crippen molar-refractivity contribution < 1.29 is 19.1 Å². The van der Waals surface area contributed by atoms with Crippen molar-refractivity contribution in [3.05, 3.63) is 29.8 Å². The first-order chi connectivity index (χ1) is 10.1. The number of ether oxygens (including phenoxy) is 1. The van der Waals surface area contributed by atoms with Crippen LogP contribution in [0.25, 0.3) is 0 Å². The number of esters is 1. The fourth-order valence-corrected chi connectivity index (χ4v) is 1.65. The third-order valence-corrected chi connectivity index (χ3v) is 2.77. The van der Waals surface area contributed by atoms with E-state index in [1.54, 1.807) is 24.3 Å². The van der Waals surface area contributed by atoms with Gasteiger partial charge in [-0.1, -0.05) is 19.1 Å². The summed E-state index contributed by atoms with van der Waals surface area (Å²) < 4.78 is 4.47. The second kappa shape index (κ2) is 8.73. The molecule has 1 rings (SSSR count). The van der Waals surface area contributed by atoms with Crippen molar-refractivity contribution in [2.24, 2.45) is 0 Å². The highest BCUT2D eigenvalue weighted by molar-refractivity contribution is 6.04. The van der Waals surface area contributed by atoms with Crippen LogP contribution < -0.4 is 10.6 Å². The number of amides is 2. The molecule has 0 unspecified atom stereocenters. The van der Waals surface area contributed by atoms with E-state index in [0.717, 1.165) is 6.42 Å². The van der Waals surface area contributed by atoms with Crippen LogP contribution in [0.3, 0.4) is 0 Å². The van der Waals surface area contributed by atoms with Gasteiger partial charge >= 0.3 is 5.97 Å². The van der Waals surface area contributed by atoms with E-state index >= 15 is 0 Å². The highest BCUT2D eigenvalue weighted by Crippen LogP contribution is 2.15. The fourth-order valence-electron chi connectivity index (χ4n) is 1.65. The Balaban J connectivity index is 2.68. The maximum Gasteiger partial charge on any atom is 0.306 e. The standard InChI is InChI=1S/C15H20N2O4/c1-3-10-16-15(20)11-6-4-5-7-12(11)17-13(18)8-9-14(19)21-2/h4-7H,3,8-10H2,1-2H3,(H,16,20)(H,17,18). The number of methoxy groups -OCH3 is 1. The van der Waals surface area contributed by atoms with Crippen LogP contribution in [0, 0.1) is 0 Å². The lowest BCUT2D eigenvalue weighted by molar-refractivity contribution is -0.141. The number of carbonyl (C=O) groups is 3.